The van der Waals surface area contributed by atoms with Gasteiger partial charge < -0.3 is 9.30 Å². The van der Waals surface area contributed by atoms with Crippen LogP contribution in [0.25, 0.3) is 22.4 Å². The minimum absolute atomic E-state index is 0.221. The summed E-state index contributed by atoms with van der Waals surface area (Å²) in [6.45, 7) is 2.71. The molecular weight excluding hydrogens is 318 g/mol. The minimum Gasteiger partial charge on any atom is -0.468 e. The van der Waals surface area contributed by atoms with Crippen molar-refractivity contribution in [3.8, 4) is 11.5 Å². The highest BCUT2D eigenvalue weighted by Gasteiger charge is 2.33. The Morgan fingerprint density at radius 3 is 2.92 bits per heavy atom. The molecule has 0 spiro atoms. The number of nitrogens with one attached hydrogen (secondary N) is 1. The summed E-state index contributed by atoms with van der Waals surface area (Å²) in [7, 11) is 5.36. The van der Waals surface area contributed by atoms with Gasteiger partial charge in [-0.15, -0.1) is 0 Å². The summed E-state index contributed by atoms with van der Waals surface area (Å²) in [5, 5.41) is 8.63. The summed E-state index contributed by atoms with van der Waals surface area (Å²) >= 11 is 0. The van der Waals surface area contributed by atoms with E-state index in [1.165, 1.54) is 12.7 Å². The lowest BCUT2D eigenvalue weighted by Gasteiger charge is -2.30. The third-order valence-corrected chi connectivity index (χ3v) is 5.02. The van der Waals surface area contributed by atoms with Crippen LogP contribution in [0.1, 0.15) is 17.0 Å². The molecule has 0 fully saturated rings. The largest absolute Gasteiger partial charge is 0.468 e. The number of ether oxygens (including phenoxy) is 1. The van der Waals surface area contributed by atoms with Crippen molar-refractivity contribution in [3.63, 3.8) is 0 Å². The average molecular weight is 339 g/mol. The van der Waals surface area contributed by atoms with Crippen LogP contribution in [0.2, 0.25) is 0 Å². The first kappa shape index (κ1) is 15.8. The Balaban J connectivity index is 1.79. The molecule has 130 valence electrons. The lowest BCUT2D eigenvalue weighted by molar-refractivity contribution is -0.147. The highest BCUT2D eigenvalue weighted by atomic mass is 16.5. The Hall–Kier alpha value is -2.67. The molecule has 1 aliphatic rings. The molecule has 0 bridgehead atoms. The molecule has 0 radical (unpaired) electrons. The van der Waals surface area contributed by atoms with Gasteiger partial charge in [0, 0.05) is 25.4 Å². The average Bonchev–Trinajstić information content (AvgIpc) is 3.14. The molecule has 0 saturated heterocycles. The zero-order valence-corrected chi connectivity index (χ0v) is 14.8. The van der Waals surface area contributed by atoms with Gasteiger partial charge in [-0.1, -0.05) is 12.1 Å². The van der Waals surface area contributed by atoms with Crippen molar-refractivity contribution in [1.29, 1.82) is 0 Å². The van der Waals surface area contributed by atoms with E-state index in [2.05, 4.69) is 39.9 Å². The van der Waals surface area contributed by atoms with Gasteiger partial charge in [0.05, 0.1) is 24.0 Å². The van der Waals surface area contributed by atoms with E-state index >= 15 is 0 Å². The SMILES string of the molecule is COC(=O)[C@@H]1Cc2nc(-c3n[nH]c4cc(C)ccc34)n(C)c2CN1C. The molecule has 7 nitrogen and oxygen atoms in total. The van der Waals surface area contributed by atoms with Crippen molar-refractivity contribution in [2.45, 2.75) is 25.9 Å². The summed E-state index contributed by atoms with van der Waals surface area (Å²) < 4.78 is 7.00. The number of aromatic nitrogens is 4. The second-order valence-corrected chi connectivity index (χ2v) is 6.67. The topological polar surface area (TPSA) is 76.0 Å². The van der Waals surface area contributed by atoms with Crippen LogP contribution in [0.4, 0.5) is 0 Å². The quantitative estimate of drug-likeness (QED) is 0.721. The number of likely N-dealkylation sites (N-methyl/N-ethyl adjacent to an activating group) is 1. The van der Waals surface area contributed by atoms with Crippen molar-refractivity contribution in [2.75, 3.05) is 14.2 Å². The number of hydrogen-bond acceptors (Lipinski definition) is 5. The number of imidazole rings is 1. The second kappa shape index (κ2) is 5.70. The number of benzene rings is 1. The van der Waals surface area contributed by atoms with E-state index in [1.54, 1.807) is 0 Å². The van der Waals surface area contributed by atoms with E-state index < -0.39 is 0 Å². The van der Waals surface area contributed by atoms with Gasteiger partial charge in [-0.05, 0) is 25.6 Å². The van der Waals surface area contributed by atoms with E-state index in [-0.39, 0.29) is 12.0 Å². The number of nitrogens with zero attached hydrogens (tertiary/aromatic N) is 4. The summed E-state index contributed by atoms with van der Waals surface area (Å²) in [6, 6.07) is 5.93. The van der Waals surface area contributed by atoms with Gasteiger partial charge in [0.15, 0.2) is 5.82 Å². The standard InChI is InChI=1S/C18H21N5O2/c1-10-5-6-11-12(7-10)20-21-16(11)17-19-13-8-14(18(24)25-4)22(2)9-15(13)23(17)3/h5-7,14H,8-9H2,1-4H3,(H,20,21)/t14-/m0/s1. The van der Waals surface area contributed by atoms with Crippen LogP contribution in [0.15, 0.2) is 18.2 Å². The van der Waals surface area contributed by atoms with Gasteiger partial charge in [-0.2, -0.15) is 5.10 Å². The highest BCUT2D eigenvalue weighted by molar-refractivity contribution is 5.91. The normalized spacial score (nSPS) is 17.7. The first-order chi connectivity index (χ1) is 12.0. The molecular formula is C18H21N5O2. The number of H-pyrrole nitrogens is 1. The lowest BCUT2D eigenvalue weighted by Crippen LogP contribution is -2.44. The first-order valence-corrected chi connectivity index (χ1v) is 8.27. The summed E-state index contributed by atoms with van der Waals surface area (Å²) in [5.74, 6) is 0.597. The van der Waals surface area contributed by atoms with Gasteiger partial charge in [0.2, 0.25) is 0 Å². The number of aromatic amines is 1. The molecule has 0 aliphatic carbocycles. The maximum absolute atomic E-state index is 12.0. The number of carbonyl (C=O) groups excluding carboxylic acids is 1. The Morgan fingerprint density at radius 1 is 1.36 bits per heavy atom. The fourth-order valence-corrected chi connectivity index (χ4v) is 3.55. The van der Waals surface area contributed by atoms with Crippen LogP contribution in [-0.2, 0) is 29.5 Å². The molecule has 3 heterocycles. The fraction of sp³-hybridized carbons (Fsp3) is 0.389. The molecule has 7 heteroatoms. The van der Waals surface area contributed by atoms with Gasteiger partial charge >= 0.3 is 5.97 Å². The molecule has 1 N–H and O–H groups in total. The van der Waals surface area contributed by atoms with Crippen LogP contribution >= 0.6 is 0 Å². The van der Waals surface area contributed by atoms with Crippen molar-refractivity contribution in [2.24, 2.45) is 7.05 Å². The zero-order valence-electron chi connectivity index (χ0n) is 14.8. The predicted octanol–water partition coefficient (Wildman–Crippen LogP) is 1.80. The van der Waals surface area contributed by atoms with Gasteiger partial charge in [-0.3, -0.25) is 14.8 Å². The van der Waals surface area contributed by atoms with Crippen LogP contribution < -0.4 is 0 Å². The lowest BCUT2D eigenvalue weighted by atomic mass is 10.0. The fourth-order valence-electron chi connectivity index (χ4n) is 3.55. The maximum Gasteiger partial charge on any atom is 0.323 e. The molecule has 1 atom stereocenters. The van der Waals surface area contributed by atoms with E-state index in [0.29, 0.717) is 13.0 Å². The van der Waals surface area contributed by atoms with Crippen molar-refractivity contribution in [3.05, 3.63) is 35.2 Å². The zero-order chi connectivity index (χ0) is 17.7. The van der Waals surface area contributed by atoms with Crippen molar-refractivity contribution in [1.82, 2.24) is 24.6 Å². The molecule has 2 aromatic heterocycles. The summed E-state index contributed by atoms with van der Waals surface area (Å²) in [6.07, 6.45) is 0.549. The smallest absolute Gasteiger partial charge is 0.323 e. The molecule has 3 aromatic rings. The monoisotopic (exact) mass is 339 g/mol. The third kappa shape index (κ3) is 2.42. The van der Waals surface area contributed by atoms with E-state index in [9.17, 15) is 4.79 Å². The second-order valence-electron chi connectivity index (χ2n) is 6.67. The molecule has 1 aliphatic heterocycles. The predicted molar refractivity (Wildman–Crippen MR) is 94.0 cm³/mol. The van der Waals surface area contributed by atoms with E-state index in [0.717, 1.165) is 33.8 Å². The molecule has 25 heavy (non-hydrogen) atoms. The molecule has 0 saturated carbocycles. The Kier molecular flexibility index (Phi) is 3.61. The van der Waals surface area contributed by atoms with Gasteiger partial charge in [0.1, 0.15) is 11.7 Å². The molecule has 0 amide bonds. The van der Waals surface area contributed by atoms with Crippen LogP contribution in [0.3, 0.4) is 0 Å². The van der Waals surface area contributed by atoms with E-state index in [1.807, 2.05) is 19.0 Å². The van der Waals surface area contributed by atoms with Gasteiger partial charge in [-0.25, -0.2) is 4.98 Å². The number of methoxy groups -OCH3 is 1. The van der Waals surface area contributed by atoms with Crippen LogP contribution in [0, 0.1) is 6.92 Å². The van der Waals surface area contributed by atoms with Gasteiger partial charge in [0.25, 0.3) is 0 Å². The number of carbonyl (C=O) groups is 1. The molecule has 4 rings (SSSR count). The number of hydrogen-bond donors (Lipinski definition) is 1. The minimum atomic E-state index is -0.293. The van der Waals surface area contributed by atoms with Crippen molar-refractivity contribution >= 4 is 16.9 Å². The number of rotatable bonds is 2. The first-order valence-electron chi connectivity index (χ1n) is 8.27. The van der Waals surface area contributed by atoms with E-state index in [4.69, 9.17) is 9.72 Å². The number of fused-ring (bicyclic) bond motifs is 2. The summed E-state index contributed by atoms with van der Waals surface area (Å²) in [5.41, 5.74) is 5.07. The third-order valence-electron chi connectivity index (χ3n) is 5.02. The highest BCUT2D eigenvalue weighted by Crippen LogP contribution is 2.30. The van der Waals surface area contributed by atoms with Crippen molar-refractivity contribution < 1.29 is 9.53 Å². The number of esters is 1. The molecule has 0 unspecified atom stereocenters. The Morgan fingerprint density at radius 2 is 2.16 bits per heavy atom. The van der Waals surface area contributed by atoms with Crippen LogP contribution in [-0.4, -0.2) is 50.8 Å². The summed E-state index contributed by atoms with van der Waals surface area (Å²) in [4.78, 5) is 18.8. The molecule has 1 aromatic carbocycles. The Labute approximate surface area is 145 Å². The Bertz CT molecular complexity index is 971. The maximum atomic E-state index is 12.0. The van der Waals surface area contributed by atoms with Crippen LogP contribution in [0.5, 0.6) is 0 Å². The number of aryl methyl sites for hydroxylation is 1.